The molecule has 8 heteroatoms. The number of H-pyrrole nitrogens is 1. The van der Waals surface area contributed by atoms with Gasteiger partial charge in [0, 0.05) is 5.41 Å². The lowest BCUT2D eigenvalue weighted by atomic mass is 9.61. The van der Waals surface area contributed by atoms with Gasteiger partial charge in [-0.2, -0.15) is 0 Å². The first-order valence-corrected chi connectivity index (χ1v) is 11.6. The van der Waals surface area contributed by atoms with E-state index < -0.39 is 17.8 Å². The van der Waals surface area contributed by atoms with Crippen molar-refractivity contribution in [2.75, 3.05) is 0 Å². The Hall–Kier alpha value is -3.36. The molecule has 0 amide bonds. The molecule has 2 aromatic carbocycles. The molecular weight excluding hydrogens is 436 g/mol. The second-order valence-electron chi connectivity index (χ2n) is 9.02. The van der Waals surface area contributed by atoms with Crippen LogP contribution in [-0.2, 0) is 18.0 Å². The van der Waals surface area contributed by atoms with E-state index in [1.807, 2.05) is 6.07 Å². The Morgan fingerprint density at radius 1 is 1.18 bits per heavy atom. The largest absolute Gasteiger partial charge is 0.493 e. The topological polar surface area (TPSA) is 125 Å². The molecule has 180 valence electrons. The summed E-state index contributed by atoms with van der Waals surface area (Å²) in [5.74, 6) is -1.32. The van der Waals surface area contributed by atoms with Crippen LogP contribution in [0.5, 0.6) is 5.88 Å². The zero-order valence-electron chi connectivity index (χ0n) is 19.2. The van der Waals surface area contributed by atoms with Crippen molar-refractivity contribution in [3.63, 3.8) is 0 Å². The summed E-state index contributed by atoms with van der Waals surface area (Å²) in [5.41, 5.74) is 1.71. The number of nitrogens with one attached hydrogen (secondary N) is 1. The lowest BCUT2D eigenvalue weighted by Gasteiger charge is -2.46. The first-order valence-electron chi connectivity index (χ1n) is 11.6. The molecule has 0 bridgehead atoms. The molecule has 1 saturated carbocycles. The van der Waals surface area contributed by atoms with Crippen LogP contribution in [0.1, 0.15) is 72.3 Å². The third-order valence-corrected chi connectivity index (χ3v) is 6.77. The van der Waals surface area contributed by atoms with Crippen LogP contribution in [0.15, 0.2) is 53.3 Å². The number of aromatic carboxylic acids is 1. The highest BCUT2D eigenvalue weighted by molar-refractivity contribution is 5.87. The van der Waals surface area contributed by atoms with Crippen LogP contribution < -0.4 is 5.69 Å². The van der Waals surface area contributed by atoms with Gasteiger partial charge in [0.25, 0.3) is 0 Å². The summed E-state index contributed by atoms with van der Waals surface area (Å²) in [6.07, 6.45) is 4.41. The number of aliphatic hydroxyl groups excluding tert-OH is 1. The fraction of sp³-hybridized carbons (Fsp3) is 0.385. The summed E-state index contributed by atoms with van der Waals surface area (Å²) >= 11 is 0. The third-order valence-electron chi connectivity index (χ3n) is 6.77. The summed E-state index contributed by atoms with van der Waals surface area (Å²) in [4.78, 5) is 26.2. The van der Waals surface area contributed by atoms with Crippen molar-refractivity contribution in [2.24, 2.45) is 5.41 Å². The van der Waals surface area contributed by atoms with Crippen molar-refractivity contribution in [3.8, 4) is 11.6 Å². The van der Waals surface area contributed by atoms with Gasteiger partial charge < -0.3 is 20.1 Å². The van der Waals surface area contributed by atoms with E-state index in [0.29, 0.717) is 11.3 Å². The molecular formula is C26H30N2O6. The van der Waals surface area contributed by atoms with Gasteiger partial charge in [-0.25, -0.2) is 9.59 Å². The minimum absolute atomic E-state index is 0.0750. The van der Waals surface area contributed by atoms with E-state index in [4.69, 9.17) is 9.84 Å². The molecule has 8 nitrogen and oxygen atoms in total. The highest BCUT2D eigenvalue weighted by Crippen LogP contribution is 2.53. The van der Waals surface area contributed by atoms with Gasteiger partial charge in [-0.05, 0) is 54.7 Å². The second kappa shape index (κ2) is 9.87. The SMILES string of the molecule is CCCC1(C(O)c2cccc(-n3c(COCc4cccc(C(=O)O)c4)c(O)[nH]c3=O)c2)CCC1. The quantitative estimate of drug-likeness (QED) is 0.353. The lowest BCUT2D eigenvalue weighted by Crippen LogP contribution is -2.36. The molecule has 4 rings (SSSR count). The normalized spacial score (nSPS) is 15.6. The predicted molar refractivity (Wildman–Crippen MR) is 126 cm³/mol. The average molecular weight is 467 g/mol. The van der Waals surface area contributed by atoms with E-state index in [-0.39, 0.29) is 35.8 Å². The molecule has 1 fully saturated rings. The molecule has 1 aliphatic rings. The van der Waals surface area contributed by atoms with Gasteiger partial charge in [-0.1, -0.05) is 44.0 Å². The van der Waals surface area contributed by atoms with Gasteiger partial charge in [0.1, 0.15) is 5.69 Å². The highest BCUT2D eigenvalue weighted by atomic mass is 16.5. The van der Waals surface area contributed by atoms with E-state index in [1.165, 1.54) is 16.7 Å². The number of aromatic nitrogens is 2. The molecule has 34 heavy (non-hydrogen) atoms. The Balaban J connectivity index is 1.56. The number of hydrogen-bond acceptors (Lipinski definition) is 5. The van der Waals surface area contributed by atoms with Crippen molar-refractivity contribution >= 4 is 5.97 Å². The Kier molecular flexibility index (Phi) is 6.90. The number of aromatic amines is 1. The molecule has 0 aliphatic heterocycles. The van der Waals surface area contributed by atoms with Gasteiger partial charge >= 0.3 is 11.7 Å². The maximum absolute atomic E-state index is 12.6. The van der Waals surface area contributed by atoms with E-state index in [2.05, 4.69) is 11.9 Å². The number of carboxylic acid groups (broad SMARTS) is 1. The number of aliphatic hydroxyl groups is 1. The average Bonchev–Trinajstić information content (AvgIpc) is 3.08. The maximum Gasteiger partial charge on any atom is 0.335 e. The standard InChI is InChI=1S/C26H30N2O6/c1-2-10-26(11-5-12-26)22(29)18-7-4-9-20(14-18)28-21(23(30)27-25(28)33)16-34-15-17-6-3-8-19(13-17)24(31)32/h3-4,6-9,13-14,22,29-30H,2,5,10-12,15-16H2,1H3,(H,27,33)(H,31,32). The monoisotopic (exact) mass is 466 g/mol. The van der Waals surface area contributed by atoms with E-state index in [0.717, 1.165) is 37.7 Å². The fourth-order valence-corrected chi connectivity index (χ4v) is 4.90. The van der Waals surface area contributed by atoms with Crippen molar-refractivity contribution in [3.05, 3.63) is 81.4 Å². The van der Waals surface area contributed by atoms with E-state index in [9.17, 15) is 19.8 Å². The summed E-state index contributed by atoms with van der Waals surface area (Å²) in [6, 6.07) is 13.6. The Labute approximate surface area is 197 Å². The lowest BCUT2D eigenvalue weighted by molar-refractivity contribution is -0.0440. The van der Waals surface area contributed by atoms with Crippen molar-refractivity contribution in [1.29, 1.82) is 0 Å². The predicted octanol–water partition coefficient (Wildman–Crippen LogP) is 4.29. The summed E-state index contributed by atoms with van der Waals surface area (Å²) in [7, 11) is 0. The van der Waals surface area contributed by atoms with Crippen molar-refractivity contribution in [2.45, 2.75) is 58.3 Å². The highest BCUT2D eigenvalue weighted by Gasteiger charge is 2.43. The number of carbonyl (C=O) groups is 1. The Bertz CT molecular complexity index is 1220. The van der Waals surface area contributed by atoms with Crippen molar-refractivity contribution < 1.29 is 24.9 Å². The van der Waals surface area contributed by atoms with Crippen LogP contribution >= 0.6 is 0 Å². The molecule has 4 N–H and O–H groups in total. The molecule has 1 atom stereocenters. The first kappa shape index (κ1) is 23.8. The smallest absolute Gasteiger partial charge is 0.335 e. The number of hydrogen-bond donors (Lipinski definition) is 4. The van der Waals surface area contributed by atoms with Gasteiger partial charge in [0.2, 0.25) is 5.88 Å². The van der Waals surface area contributed by atoms with Gasteiger partial charge in [0.15, 0.2) is 0 Å². The summed E-state index contributed by atoms with van der Waals surface area (Å²) in [5, 5.41) is 30.6. The molecule has 1 unspecified atom stereocenters. The van der Waals surface area contributed by atoms with Crippen LogP contribution in [-0.4, -0.2) is 30.8 Å². The van der Waals surface area contributed by atoms with Gasteiger partial charge in [-0.3, -0.25) is 9.55 Å². The fourth-order valence-electron chi connectivity index (χ4n) is 4.90. The number of imidazole rings is 1. The summed E-state index contributed by atoms with van der Waals surface area (Å²) in [6.45, 7) is 2.15. The molecule has 1 heterocycles. The van der Waals surface area contributed by atoms with Gasteiger partial charge in [-0.15, -0.1) is 0 Å². The maximum atomic E-state index is 12.6. The Morgan fingerprint density at radius 3 is 2.62 bits per heavy atom. The second-order valence-corrected chi connectivity index (χ2v) is 9.02. The summed E-state index contributed by atoms with van der Waals surface area (Å²) < 4.78 is 7.04. The molecule has 3 aromatic rings. The molecule has 0 spiro atoms. The van der Waals surface area contributed by atoms with Crippen LogP contribution in [0, 0.1) is 5.41 Å². The molecule has 0 radical (unpaired) electrons. The number of nitrogens with zero attached hydrogens (tertiary/aromatic N) is 1. The van der Waals surface area contributed by atoms with E-state index >= 15 is 0 Å². The first-order chi connectivity index (χ1) is 16.3. The van der Waals surface area contributed by atoms with Crippen LogP contribution in [0.25, 0.3) is 5.69 Å². The number of benzene rings is 2. The third kappa shape index (κ3) is 4.64. The minimum atomic E-state index is -1.02. The molecule has 0 saturated heterocycles. The zero-order valence-corrected chi connectivity index (χ0v) is 19.2. The van der Waals surface area contributed by atoms with Crippen molar-refractivity contribution in [1.82, 2.24) is 9.55 Å². The Morgan fingerprint density at radius 2 is 1.94 bits per heavy atom. The minimum Gasteiger partial charge on any atom is -0.493 e. The number of carboxylic acids is 1. The number of ether oxygens (including phenoxy) is 1. The van der Waals surface area contributed by atoms with E-state index in [1.54, 1.807) is 30.3 Å². The van der Waals surface area contributed by atoms with Gasteiger partial charge in [0.05, 0.1) is 30.6 Å². The van der Waals surface area contributed by atoms with Crippen LogP contribution in [0.2, 0.25) is 0 Å². The molecule has 1 aromatic heterocycles. The number of aromatic hydroxyl groups is 1. The van der Waals surface area contributed by atoms with Crippen LogP contribution in [0.4, 0.5) is 0 Å². The zero-order chi connectivity index (χ0) is 24.3. The van der Waals surface area contributed by atoms with Crippen LogP contribution in [0.3, 0.4) is 0 Å². The molecule has 1 aliphatic carbocycles. The number of rotatable bonds is 10.